The number of ether oxygens (including phenoxy) is 1. The number of nitrogens with zero attached hydrogens (tertiary/aromatic N) is 2. The van der Waals surface area contributed by atoms with Crippen molar-refractivity contribution in [2.45, 2.75) is 6.92 Å². The molecule has 0 aliphatic carbocycles. The molecule has 0 saturated carbocycles. The van der Waals surface area contributed by atoms with E-state index >= 15 is 0 Å². The van der Waals surface area contributed by atoms with Crippen LogP contribution in [-0.4, -0.2) is 23.7 Å². The maximum absolute atomic E-state index is 11.8. The Labute approximate surface area is 127 Å². The Hall–Kier alpha value is -2.40. The average molecular weight is 304 g/mol. The first-order chi connectivity index (χ1) is 10.2. The van der Waals surface area contributed by atoms with E-state index in [2.05, 4.69) is 15.5 Å². The zero-order chi connectivity index (χ0) is 15.1. The van der Waals surface area contributed by atoms with Gasteiger partial charge in [0.15, 0.2) is 0 Å². The molecule has 2 aromatic rings. The number of amides is 1. The van der Waals surface area contributed by atoms with Crippen LogP contribution in [0.1, 0.15) is 22.8 Å². The molecule has 5 nitrogen and oxygen atoms in total. The van der Waals surface area contributed by atoms with Gasteiger partial charge in [-0.15, -0.1) is 0 Å². The van der Waals surface area contributed by atoms with E-state index in [4.69, 9.17) is 16.3 Å². The highest BCUT2D eigenvalue weighted by molar-refractivity contribution is 6.32. The molecule has 6 heteroatoms. The Kier molecular flexibility index (Phi) is 5.29. The Morgan fingerprint density at radius 1 is 1.38 bits per heavy atom. The van der Waals surface area contributed by atoms with Crippen LogP contribution >= 0.6 is 11.6 Å². The number of rotatable bonds is 5. The number of pyridine rings is 1. The van der Waals surface area contributed by atoms with Crippen LogP contribution in [0.5, 0.6) is 5.75 Å². The molecule has 0 bridgehead atoms. The van der Waals surface area contributed by atoms with Crippen molar-refractivity contribution >= 4 is 23.7 Å². The van der Waals surface area contributed by atoms with Gasteiger partial charge >= 0.3 is 0 Å². The summed E-state index contributed by atoms with van der Waals surface area (Å²) in [5.74, 6) is 0.385. The van der Waals surface area contributed by atoms with Crippen molar-refractivity contribution in [3.8, 4) is 5.75 Å². The van der Waals surface area contributed by atoms with E-state index in [1.807, 2.05) is 31.2 Å². The van der Waals surface area contributed by atoms with Crippen LogP contribution < -0.4 is 10.2 Å². The zero-order valence-electron chi connectivity index (χ0n) is 11.4. The highest BCUT2D eigenvalue weighted by atomic mass is 35.5. The van der Waals surface area contributed by atoms with Crippen molar-refractivity contribution in [3.05, 3.63) is 58.9 Å². The molecule has 0 atom stereocenters. The number of halogens is 1. The van der Waals surface area contributed by atoms with Gasteiger partial charge < -0.3 is 4.74 Å². The first-order valence-electron chi connectivity index (χ1n) is 6.37. The zero-order valence-corrected chi connectivity index (χ0v) is 12.2. The van der Waals surface area contributed by atoms with Crippen LogP contribution in [0, 0.1) is 0 Å². The van der Waals surface area contributed by atoms with Crippen molar-refractivity contribution in [1.82, 2.24) is 10.4 Å². The molecule has 1 heterocycles. The SMILES string of the molecule is CCOc1ccc(/C=N/NC(=O)c2cccnc2Cl)cc1. The summed E-state index contributed by atoms with van der Waals surface area (Å²) in [5.41, 5.74) is 3.53. The van der Waals surface area contributed by atoms with Gasteiger partial charge in [-0.1, -0.05) is 11.6 Å². The third kappa shape index (κ3) is 4.29. The number of benzene rings is 1. The molecule has 0 spiro atoms. The molecule has 1 amide bonds. The summed E-state index contributed by atoms with van der Waals surface area (Å²) in [5, 5.41) is 4.03. The van der Waals surface area contributed by atoms with Crippen molar-refractivity contribution in [2.75, 3.05) is 6.61 Å². The van der Waals surface area contributed by atoms with E-state index in [1.165, 1.54) is 12.4 Å². The summed E-state index contributed by atoms with van der Waals surface area (Å²) >= 11 is 5.82. The third-order valence-electron chi connectivity index (χ3n) is 2.57. The van der Waals surface area contributed by atoms with Crippen molar-refractivity contribution < 1.29 is 9.53 Å². The quantitative estimate of drug-likeness (QED) is 0.525. The fraction of sp³-hybridized carbons (Fsp3) is 0.133. The van der Waals surface area contributed by atoms with Gasteiger partial charge in [-0.3, -0.25) is 4.79 Å². The summed E-state index contributed by atoms with van der Waals surface area (Å²) in [6, 6.07) is 10.6. The largest absolute Gasteiger partial charge is 0.494 e. The third-order valence-corrected chi connectivity index (χ3v) is 2.88. The number of carbonyl (C=O) groups excluding carboxylic acids is 1. The number of nitrogens with one attached hydrogen (secondary N) is 1. The smallest absolute Gasteiger partial charge is 0.274 e. The van der Waals surface area contributed by atoms with Crippen molar-refractivity contribution in [1.29, 1.82) is 0 Å². The molecule has 0 unspecified atom stereocenters. The molecular weight excluding hydrogens is 290 g/mol. The second-order valence-corrected chi connectivity index (χ2v) is 4.40. The van der Waals surface area contributed by atoms with Gasteiger partial charge in [0.1, 0.15) is 10.9 Å². The van der Waals surface area contributed by atoms with Gasteiger partial charge in [0.05, 0.1) is 18.4 Å². The fourth-order valence-electron chi connectivity index (χ4n) is 1.60. The van der Waals surface area contributed by atoms with Gasteiger partial charge in [0.25, 0.3) is 5.91 Å². The lowest BCUT2D eigenvalue weighted by molar-refractivity contribution is 0.0955. The predicted molar refractivity (Wildman–Crippen MR) is 81.9 cm³/mol. The molecule has 2 rings (SSSR count). The lowest BCUT2D eigenvalue weighted by Crippen LogP contribution is -2.18. The standard InChI is InChI=1S/C15H14ClN3O2/c1-2-21-12-7-5-11(6-8-12)10-18-19-15(20)13-4-3-9-17-14(13)16/h3-10H,2H2,1H3,(H,19,20)/b18-10+. The summed E-state index contributed by atoms with van der Waals surface area (Å²) in [6.45, 7) is 2.55. The van der Waals surface area contributed by atoms with E-state index < -0.39 is 5.91 Å². The van der Waals surface area contributed by atoms with Crippen LogP contribution in [0.3, 0.4) is 0 Å². The Balaban J connectivity index is 1.96. The molecule has 0 aliphatic heterocycles. The van der Waals surface area contributed by atoms with Crippen LogP contribution in [0.4, 0.5) is 0 Å². The molecule has 0 saturated heterocycles. The number of hydrogen-bond acceptors (Lipinski definition) is 4. The second-order valence-electron chi connectivity index (χ2n) is 4.04. The maximum Gasteiger partial charge on any atom is 0.274 e. The lowest BCUT2D eigenvalue weighted by Gasteiger charge is -2.02. The van der Waals surface area contributed by atoms with Gasteiger partial charge in [0, 0.05) is 6.20 Å². The van der Waals surface area contributed by atoms with E-state index in [1.54, 1.807) is 12.1 Å². The minimum Gasteiger partial charge on any atom is -0.494 e. The molecule has 108 valence electrons. The molecule has 0 fully saturated rings. The molecular formula is C15H14ClN3O2. The Morgan fingerprint density at radius 2 is 2.14 bits per heavy atom. The van der Waals surface area contributed by atoms with E-state index in [0.717, 1.165) is 11.3 Å². The molecule has 21 heavy (non-hydrogen) atoms. The van der Waals surface area contributed by atoms with Gasteiger partial charge in [0.2, 0.25) is 0 Å². The topological polar surface area (TPSA) is 63.6 Å². The van der Waals surface area contributed by atoms with E-state index in [-0.39, 0.29) is 10.7 Å². The number of aromatic nitrogens is 1. The summed E-state index contributed by atoms with van der Waals surface area (Å²) in [7, 11) is 0. The number of carbonyl (C=O) groups is 1. The maximum atomic E-state index is 11.8. The summed E-state index contributed by atoms with van der Waals surface area (Å²) in [6.07, 6.45) is 3.06. The van der Waals surface area contributed by atoms with Crippen LogP contribution in [0.15, 0.2) is 47.7 Å². The summed E-state index contributed by atoms with van der Waals surface area (Å²) in [4.78, 5) is 15.7. The van der Waals surface area contributed by atoms with Crippen molar-refractivity contribution in [2.24, 2.45) is 5.10 Å². The first kappa shape index (κ1) is 15.0. The monoisotopic (exact) mass is 303 g/mol. The molecule has 1 aromatic carbocycles. The molecule has 1 aromatic heterocycles. The number of hydrazone groups is 1. The molecule has 0 aliphatic rings. The minimum atomic E-state index is -0.407. The average Bonchev–Trinajstić information content (AvgIpc) is 2.49. The predicted octanol–water partition coefficient (Wildman–Crippen LogP) is 2.90. The first-order valence-corrected chi connectivity index (χ1v) is 6.75. The van der Waals surface area contributed by atoms with Gasteiger partial charge in [-0.25, -0.2) is 10.4 Å². The fourth-order valence-corrected chi connectivity index (χ4v) is 1.80. The molecule has 0 radical (unpaired) electrons. The van der Waals surface area contributed by atoms with Gasteiger partial charge in [-0.2, -0.15) is 5.10 Å². The van der Waals surface area contributed by atoms with Gasteiger partial charge in [-0.05, 0) is 48.9 Å². The minimum absolute atomic E-state index is 0.145. The Morgan fingerprint density at radius 3 is 2.81 bits per heavy atom. The molecule has 1 N–H and O–H groups in total. The van der Waals surface area contributed by atoms with E-state index in [0.29, 0.717) is 6.61 Å². The van der Waals surface area contributed by atoms with E-state index in [9.17, 15) is 4.79 Å². The lowest BCUT2D eigenvalue weighted by atomic mass is 10.2. The number of hydrogen-bond donors (Lipinski definition) is 1. The highest BCUT2D eigenvalue weighted by Gasteiger charge is 2.08. The van der Waals surface area contributed by atoms with Crippen LogP contribution in [0.2, 0.25) is 5.15 Å². The van der Waals surface area contributed by atoms with Crippen LogP contribution in [-0.2, 0) is 0 Å². The highest BCUT2D eigenvalue weighted by Crippen LogP contribution is 2.12. The Bertz CT molecular complexity index is 642. The second kappa shape index (κ2) is 7.40. The van der Waals surface area contributed by atoms with Crippen molar-refractivity contribution in [3.63, 3.8) is 0 Å². The summed E-state index contributed by atoms with van der Waals surface area (Å²) < 4.78 is 5.34. The van der Waals surface area contributed by atoms with Crippen LogP contribution in [0.25, 0.3) is 0 Å². The normalized spacial score (nSPS) is 10.6.